The maximum Gasteiger partial charge on any atom is 0.410 e. The minimum Gasteiger partial charge on any atom is -0.445 e. The average Bonchev–Trinajstić information content (AvgIpc) is 3.28. The number of fused-ring (bicyclic) bond motifs is 1. The first-order chi connectivity index (χ1) is 17.4. The summed E-state index contributed by atoms with van der Waals surface area (Å²) in [6, 6.07) is 22.7. The van der Waals surface area contributed by atoms with Gasteiger partial charge >= 0.3 is 6.09 Å². The van der Waals surface area contributed by atoms with E-state index >= 15 is 0 Å². The van der Waals surface area contributed by atoms with E-state index in [-0.39, 0.29) is 37.2 Å². The van der Waals surface area contributed by atoms with E-state index in [1.165, 1.54) is 12.1 Å². The lowest BCUT2D eigenvalue weighted by molar-refractivity contribution is 0.0897. The summed E-state index contributed by atoms with van der Waals surface area (Å²) in [5.74, 6) is -0.351. The highest BCUT2D eigenvalue weighted by atomic mass is 32.2. The van der Waals surface area contributed by atoms with E-state index in [4.69, 9.17) is 4.74 Å². The Balaban J connectivity index is 1.32. The molecule has 0 spiro atoms. The molecule has 0 atom stereocenters. The van der Waals surface area contributed by atoms with Crippen molar-refractivity contribution in [3.05, 3.63) is 95.8 Å². The molecule has 0 radical (unpaired) electrons. The molecule has 2 heterocycles. The van der Waals surface area contributed by atoms with Gasteiger partial charge in [-0.25, -0.2) is 22.6 Å². The second kappa shape index (κ2) is 10.1. The molecule has 7 nitrogen and oxygen atoms in total. The standard InChI is InChI=1S/C27H26FN3O4S/c28-22-12-10-20(11-13-22)18-31-25-9-5-4-8-24(25)29-26(31)36(33,34)23-14-16-30(17-15-23)27(32)35-19-21-6-2-1-3-7-21/h1-13,23H,14-19H2. The summed E-state index contributed by atoms with van der Waals surface area (Å²) in [5, 5.41) is -0.669. The number of rotatable bonds is 6. The molecule has 186 valence electrons. The molecular formula is C27H26FN3O4S. The quantitative estimate of drug-likeness (QED) is 0.375. The molecular weight excluding hydrogens is 481 g/mol. The zero-order chi connectivity index (χ0) is 25.1. The van der Waals surface area contributed by atoms with E-state index < -0.39 is 21.2 Å². The summed E-state index contributed by atoms with van der Waals surface area (Å²) in [7, 11) is -3.79. The number of hydrogen-bond acceptors (Lipinski definition) is 5. The van der Waals surface area contributed by atoms with Crippen molar-refractivity contribution in [1.82, 2.24) is 14.5 Å². The third-order valence-corrected chi connectivity index (χ3v) is 8.64. The van der Waals surface area contributed by atoms with Crippen molar-refractivity contribution in [3.63, 3.8) is 0 Å². The number of para-hydroxylation sites is 2. The lowest BCUT2D eigenvalue weighted by Crippen LogP contribution is -2.43. The fourth-order valence-electron chi connectivity index (χ4n) is 4.50. The smallest absolute Gasteiger partial charge is 0.410 e. The van der Waals surface area contributed by atoms with E-state index in [0.717, 1.165) is 11.1 Å². The van der Waals surface area contributed by atoms with E-state index in [1.54, 1.807) is 27.7 Å². The molecule has 1 fully saturated rings. The topological polar surface area (TPSA) is 81.5 Å². The van der Waals surface area contributed by atoms with Gasteiger partial charge in [-0.2, -0.15) is 0 Å². The van der Waals surface area contributed by atoms with Crippen LogP contribution in [0.5, 0.6) is 0 Å². The predicted molar refractivity (Wildman–Crippen MR) is 134 cm³/mol. The molecule has 1 aliphatic heterocycles. The molecule has 9 heteroatoms. The Morgan fingerprint density at radius 3 is 2.31 bits per heavy atom. The van der Waals surface area contributed by atoms with Gasteiger partial charge in [-0.05, 0) is 48.2 Å². The van der Waals surface area contributed by atoms with Gasteiger partial charge in [0.1, 0.15) is 12.4 Å². The van der Waals surface area contributed by atoms with Gasteiger partial charge in [0.2, 0.25) is 15.0 Å². The molecule has 0 saturated carbocycles. The predicted octanol–water partition coefficient (Wildman–Crippen LogP) is 4.80. The fourth-order valence-corrected chi connectivity index (χ4v) is 6.33. The zero-order valence-corrected chi connectivity index (χ0v) is 20.4. The molecule has 1 amide bonds. The SMILES string of the molecule is O=C(OCc1ccccc1)N1CCC(S(=O)(=O)c2nc3ccccc3n2Cc2ccc(F)cc2)CC1. The highest BCUT2D eigenvalue weighted by Crippen LogP contribution is 2.28. The Bertz CT molecular complexity index is 1460. The lowest BCUT2D eigenvalue weighted by Gasteiger charge is -2.30. The van der Waals surface area contributed by atoms with E-state index in [0.29, 0.717) is 23.9 Å². The van der Waals surface area contributed by atoms with Crippen LogP contribution in [0.1, 0.15) is 24.0 Å². The summed E-state index contributed by atoms with van der Waals surface area (Å²) in [5.41, 5.74) is 2.94. The number of imidazole rings is 1. The van der Waals surface area contributed by atoms with Crippen LogP contribution < -0.4 is 0 Å². The third-order valence-electron chi connectivity index (χ3n) is 6.47. The molecule has 0 aliphatic carbocycles. The van der Waals surface area contributed by atoms with Crippen molar-refractivity contribution in [1.29, 1.82) is 0 Å². The van der Waals surface area contributed by atoms with Gasteiger partial charge in [0.25, 0.3) is 0 Å². The molecule has 4 aromatic rings. The summed E-state index contributed by atoms with van der Waals surface area (Å²) in [6.45, 7) is 0.997. The molecule has 1 saturated heterocycles. The first-order valence-electron chi connectivity index (χ1n) is 11.8. The van der Waals surface area contributed by atoms with Crippen LogP contribution in [0, 0.1) is 5.82 Å². The summed E-state index contributed by atoms with van der Waals surface area (Å²) in [4.78, 5) is 18.5. The molecule has 1 aromatic heterocycles. The fraction of sp³-hybridized carbons (Fsp3) is 0.259. The van der Waals surface area contributed by atoms with Crippen molar-refractivity contribution in [2.24, 2.45) is 0 Å². The normalized spacial score (nSPS) is 14.8. The second-order valence-corrected chi connectivity index (χ2v) is 11.0. The van der Waals surface area contributed by atoms with Crippen LogP contribution in [0.4, 0.5) is 9.18 Å². The lowest BCUT2D eigenvalue weighted by atomic mass is 10.1. The maximum atomic E-state index is 13.7. The van der Waals surface area contributed by atoms with Crippen LogP contribution in [0.15, 0.2) is 84.0 Å². The van der Waals surface area contributed by atoms with Crippen molar-refractivity contribution in [2.75, 3.05) is 13.1 Å². The minimum atomic E-state index is -3.79. The number of aromatic nitrogens is 2. The van der Waals surface area contributed by atoms with Gasteiger partial charge < -0.3 is 14.2 Å². The second-order valence-electron chi connectivity index (χ2n) is 8.87. The number of carbonyl (C=O) groups is 1. The minimum absolute atomic E-state index is 0.00173. The Morgan fingerprint density at radius 1 is 0.917 bits per heavy atom. The highest BCUT2D eigenvalue weighted by molar-refractivity contribution is 7.91. The molecule has 36 heavy (non-hydrogen) atoms. The van der Waals surface area contributed by atoms with Crippen LogP contribution in [-0.2, 0) is 27.7 Å². The molecule has 3 aromatic carbocycles. The van der Waals surface area contributed by atoms with Gasteiger partial charge in [0, 0.05) is 13.1 Å². The van der Waals surface area contributed by atoms with Gasteiger partial charge in [-0.3, -0.25) is 0 Å². The number of benzene rings is 3. The van der Waals surface area contributed by atoms with Gasteiger partial charge in [0.05, 0.1) is 22.8 Å². The number of hydrogen-bond donors (Lipinski definition) is 0. The van der Waals surface area contributed by atoms with Crippen molar-refractivity contribution in [3.8, 4) is 0 Å². The van der Waals surface area contributed by atoms with E-state index in [1.807, 2.05) is 48.5 Å². The first-order valence-corrected chi connectivity index (χ1v) is 13.4. The number of piperidine rings is 1. The molecule has 0 unspecified atom stereocenters. The highest BCUT2D eigenvalue weighted by Gasteiger charge is 2.36. The maximum absolute atomic E-state index is 13.7. The van der Waals surface area contributed by atoms with Crippen LogP contribution >= 0.6 is 0 Å². The Hall–Kier alpha value is -3.72. The number of nitrogens with zero attached hydrogens (tertiary/aromatic N) is 3. The molecule has 5 rings (SSSR count). The Kier molecular flexibility index (Phi) is 6.73. The Labute approximate surface area is 209 Å². The number of halogens is 1. The number of carbonyl (C=O) groups excluding carboxylic acids is 1. The van der Waals surface area contributed by atoms with Crippen molar-refractivity contribution in [2.45, 2.75) is 36.4 Å². The average molecular weight is 508 g/mol. The monoisotopic (exact) mass is 507 g/mol. The van der Waals surface area contributed by atoms with Crippen molar-refractivity contribution < 1.29 is 22.3 Å². The van der Waals surface area contributed by atoms with Crippen LogP contribution in [0.25, 0.3) is 11.0 Å². The molecule has 0 N–H and O–H groups in total. The van der Waals surface area contributed by atoms with Gasteiger partial charge in [-0.1, -0.05) is 54.6 Å². The largest absolute Gasteiger partial charge is 0.445 e. The summed E-state index contributed by atoms with van der Waals surface area (Å²) in [6.07, 6.45) is 0.142. The van der Waals surface area contributed by atoms with E-state index in [9.17, 15) is 17.6 Å². The van der Waals surface area contributed by atoms with Crippen LogP contribution in [-0.4, -0.2) is 47.3 Å². The number of likely N-dealkylation sites (tertiary alicyclic amines) is 1. The van der Waals surface area contributed by atoms with Crippen LogP contribution in [0.3, 0.4) is 0 Å². The first kappa shape index (κ1) is 24.0. The summed E-state index contributed by atoms with van der Waals surface area (Å²) >= 11 is 0. The number of ether oxygens (including phenoxy) is 1. The molecule has 1 aliphatic rings. The zero-order valence-electron chi connectivity index (χ0n) is 19.6. The van der Waals surface area contributed by atoms with Crippen LogP contribution in [0.2, 0.25) is 0 Å². The van der Waals surface area contributed by atoms with Crippen molar-refractivity contribution >= 4 is 27.0 Å². The number of sulfone groups is 1. The van der Waals surface area contributed by atoms with E-state index in [2.05, 4.69) is 4.98 Å². The Morgan fingerprint density at radius 2 is 1.58 bits per heavy atom. The summed E-state index contributed by atoms with van der Waals surface area (Å²) < 4.78 is 47.9. The molecule has 0 bridgehead atoms. The van der Waals surface area contributed by atoms with Gasteiger partial charge in [0.15, 0.2) is 0 Å². The third kappa shape index (κ3) is 4.97. The number of amides is 1. The van der Waals surface area contributed by atoms with Gasteiger partial charge in [-0.15, -0.1) is 0 Å².